The van der Waals surface area contributed by atoms with Crippen LogP contribution in [0, 0.1) is 18.3 Å². The molecule has 0 N–H and O–H groups in total. The van der Waals surface area contributed by atoms with E-state index in [0.29, 0.717) is 18.8 Å². The number of hydrogen-bond donors (Lipinski definition) is 0. The van der Waals surface area contributed by atoms with E-state index in [2.05, 4.69) is 31.2 Å². The van der Waals surface area contributed by atoms with E-state index < -0.39 is 17.4 Å². The van der Waals surface area contributed by atoms with Gasteiger partial charge in [0.25, 0.3) is 0 Å². The molecule has 3 aliphatic rings. The summed E-state index contributed by atoms with van der Waals surface area (Å²) in [5, 5.41) is 0. The summed E-state index contributed by atoms with van der Waals surface area (Å²) in [7, 11) is 2.69. The fraction of sp³-hybridized carbons (Fsp3) is 0.500. The van der Waals surface area contributed by atoms with Crippen molar-refractivity contribution in [3.63, 3.8) is 0 Å². The minimum atomic E-state index is -1.19. The molecule has 126 valence electrons. The Morgan fingerprint density at radius 2 is 1.88 bits per heavy atom. The lowest BCUT2D eigenvalue weighted by Gasteiger charge is -2.56. The molecule has 0 aromatic heterocycles. The second-order valence-corrected chi connectivity index (χ2v) is 7.36. The SMILES string of the molecule is COC(=O)C1(C(=O)OC)CC2=Cc3c(C)cccc3C23CCC3C1. The molecule has 4 heteroatoms. The lowest BCUT2D eigenvalue weighted by atomic mass is 9.46. The number of allylic oxidation sites excluding steroid dienone is 1. The van der Waals surface area contributed by atoms with Crippen LogP contribution >= 0.6 is 0 Å². The first-order valence-corrected chi connectivity index (χ1v) is 8.47. The maximum Gasteiger partial charge on any atom is 0.323 e. The smallest absolute Gasteiger partial charge is 0.323 e. The summed E-state index contributed by atoms with van der Waals surface area (Å²) in [4.78, 5) is 25.1. The third-order valence-corrected chi connectivity index (χ3v) is 6.52. The summed E-state index contributed by atoms with van der Waals surface area (Å²) in [6.07, 6.45) is 5.24. The normalized spacial score (nSPS) is 28.6. The topological polar surface area (TPSA) is 52.6 Å². The van der Waals surface area contributed by atoms with Crippen molar-refractivity contribution >= 4 is 18.0 Å². The van der Waals surface area contributed by atoms with E-state index in [9.17, 15) is 9.59 Å². The number of ether oxygens (including phenoxy) is 2. The molecule has 1 aromatic rings. The Labute approximate surface area is 141 Å². The molecule has 0 amide bonds. The van der Waals surface area contributed by atoms with Crippen LogP contribution in [0.4, 0.5) is 0 Å². The molecule has 0 radical (unpaired) electrons. The quantitative estimate of drug-likeness (QED) is 0.619. The zero-order chi connectivity index (χ0) is 17.1. The predicted molar refractivity (Wildman–Crippen MR) is 89.3 cm³/mol. The van der Waals surface area contributed by atoms with Gasteiger partial charge in [-0.2, -0.15) is 0 Å². The molecule has 4 nitrogen and oxygen atoms in total. The van der Waals surface area contributed by atoms with Gasteiger partial charge in [-0.25, -0.2) is 0 Å². The molecule has 2 unspecified atom stereocenters. The van der Waals surface area contributed by atoms with Crippen molar-refractivity contribution in [1.29, 1.82) is 0 Å². The summed E-state index contributed by atoms with van der Waals surface area (Å²) < 4.78 is 10.0. The number of methoxy groups -OCH3 is 2. The molecule has 24 heavy (non-hydrogen) atoms. The maximum atomic E-state index is 12.5. The average Bonchev–Trinajstić information content (AvgIpc) is 2.93. The van der Waals surface area contributed by atoms with Gasteiger partial charge in [0.1, 0.15) is 0 Å². The largest absolute Gasteiger partial charge is 0.468 e. The third kappa shape index (κ3) is 1.64. The summed E-state index contributed by atoms with van der Waals surface area (Å²) in [5.41, 5.74) is 3.91. The molecule has 2 fully saturated rings. The minimum absolute atomic E-state index is 0.0207. The van der Waals surface area contributed by atoms with Gasteiger partial charge in [-0.1, -0.05) is 29.8 Å². The zero-order valence-corrected chi connectivity index (χ0v) is 14.3. The molecule has 1 spiro atoms. The van der Waals surface area contributed by atoms with Crippen molar-refractivity contribution in [2.45, 2.75) is 38.0 Å². The number of benzene rings is 1. The van der Waals surface area contributed by atoms with E-state index >= 15 is 0 Å². The third-order valence-electron chi connectivity index (χ3n) is 6.52. The lowest BCUT2D eigenvalue weighted by molar-refractivity contribution is -0.174. The number of hydrogen-bond acceptors (Lipinski definition) is 4. The molecule has 0 heterocycles. The second kappa shape index (κ2) is 4.95. The highest BCUT2D eigenvalue weighted by Gasteiger charge is 2.65. The molecule has 3 aliphatic carbocycles. The first-order chi connectivity index (χ1) is 11.5. The van der Waals surface area contributed by atoms with Crippen molar-refractivity contribution in [2.75, 3.05) is 14.2 Å². The highest BCUT2D eigenvalue weighted by molar-refractivity contribution is 6.01. The van der Waals surface area contributed by atoms with E-state index in [4.69, 9.17) is 9.47 Å². The Hall–Kier alpha value is -2.10. The fourth-order valence-corrected chi connectivity index (χ4v) is 5.24. The first kappa shape index (κ1) is 15.4. The van der Waals surface area contributed by atoms with Crippen molar-refractivity contribution in [3.8, 4) is 0 Å². The van der Waals surface area contributed by atoms with Crippen LogP contribution in [0.25, 0.3) is 6.08 Å². The molecule has 0 bridgehead atoms. The summed E-state index contributed by atoms with van der Waals surface area (Å²) >= 11 is 0. The van der Waals surface area contributed by atoms with Crippen LogP contribution in [0.5, 0.6) is 0 Å². The predicted octanol–water partition coefficient (Wildman–Crippen LogP) is 3.17. The Morgan fingerprint density at radius 3 is 2.46 bits per heavy atom. The van der Waals surface area contributed by atoms with Gasteiger partial charge in [0.05, 0.1) is 14.2 Å². The molecule has 4 rings (SSSR count). The fourth-order valence-electron chi connectivity index (χ4n) is 5.24. The molecular formula is C20H22O4. The van der Waals surface area contributed by atoms with Crippen molar-refractivity contribution in [1.82, 2.24) is 0 Å². The molecule has 1 aromatic carbocycles. The van der Waals surface area contributed by atoms with E-state index in [1.807, 2.05) is 0 Å². The summed E-state index contributed by atoms with van der Waals surface area (Å²) in [5.74, 6) is -0.648. The number of fused-ring (bicyclic) bond motifs is 1. The molecule has 0 aliphatic heterocycles. The van der Waals surface area contributed by atoms with Crippen molar-refractivity contribution < 1.29 is 19.1 Å². The zero-order valence-electron chi connectivity index (χ0n) is 14.3. The summed E-state index contributed by atoms with van der Waals surface area (Å²) in [6, 6.07) is 6.43. The molecule has 2 atom stereocenters. The van der Waals surface area contributed by atoms with E-state index in [1.165, 1.54) is 36.5 Å². The van der Waals surface area contributed by atoms with Crippen molar-refractivity contribution in [2.24, 2.45) is 11.3 Å². The Balaban J connectivity index is 1.85. The standard InChI is InChI=1S/C20H22O4/c1-12-5-4-6-16-15(12)9-14-11-19(17(21)23-2,18(22)24-3)10-13-7-8-20(13,14)16/h4-6,9,13H,7-8,10-11H2,1-3H3. The number of carbonyl (C=O) groups excluding carboxylic acids is 2. The highest BCUT2D eigenvalue weighted by Crippen LogP contribution is 2.67. The molecule has 2 saturated carbocycles. The summed E-state index contributed by atoms with van der Waals surface area (Å²) in [6.45, 7) is 2.12. The van der Waals surface area contributed by atoms with Crippen LogP contribution in [0.3, 0.4) is 0 Å². The number of rotatable bonds is 2. The van der Waals surface area contributed by atoms with E-state index in [0.717, 1.165) is 12.8 Å². The van der Waals surface area contributed by atoms with Gasteiger partial charge in [-0.15, -0.1) is 0 Å². The van der Waals surface area contributed by atoms with Gasteiger partial charge in [-0.3, -0.25) is 9.59 Å². The van der Waals surface area contributed by atoms with E-state index in [-0.39, 0.29) is 5.41 Å². The highest BCUT2D eigenvalue weighted by atomic mass is 16.5. The van der Waals surface area contributed by atoms with Gasteiger partial charge in [0, 0.05) is 5.41 Å². The van der Waals surface area contributed by atoms with Gasteiger partial charge < -0.3 is 9.47 Å². The average molecular weight is 326 g/mol. The Kier molecular flexibility index (Phi) is 3.18. The first-order valence-electron chi connectivity index (χ1n) is 8.47. The molecule has 0 saturated heterocycles. The van der Waals surface area contributed by atoms with Crippen LogP contribution in [0.15, 0.2) is 23.8 Å². The van der Waals surface area contributed by atoms with Crippen LogP contribution < -0.4 is 0 Å². The lowest BCUT2D eigenvalue weighted by Crippen LogP contribution is -2.56. The van der Waals surface area contributed by atoms with Crippen LogP contribution in [-0.4, -0.2) is 26.2 Å². The monoisotopic (exact) mass is 326 g/mol. The number of aryl methyl sites for hydroxylation is 1. The Bertz CT molecular complexity index is 760. The second-order valence-electron chi connectivity index (χ2n) is 7.36. The van der Waals surface area contributed by atoms with Crippen LogP contribution in [-0.2, 0) is 24.5 Å². The minimum Gasteiger partial charge on any atom is -0.468 e. The van der Waals surface area contributed by atoms with E-state index in [1.54, 1.807) is 0 Å². The molecular weight excluding hydrogens is 304 g/mol. The van der Waals surface area contributed by atoms with Crippen LogP contribution in [0.1, 0.15) is 42.4 Å². The number of carbonyl (C=O) groups is 2. The van der Waals surface area contributed by atoms with Crippen LogP contribution in [0.2, 0.25) is 0 Å². The van der Waals surface area contributed by atoms with Gasteiger partial charge >= 0.3 is 11.9 Å². The van der Waals surface area contributed by atoms with Gasteiger partial charge in [0.15, 0.2) is 5.41 Å². The van der Waals surface area contributed by atoms with Crippen molar-refractivity contribution in [3.05, 3.63) is 40.5 Å². The number of esters is 2. The van der Waals surface area contributed by atoms with Gasteiger partial charge in [0.2, 0.25) is 0 Å². The maximum absolute atomic E-state index is 12.5. The van der Waals surface area contributed by atoms with Gasteiger partial charge in [-0.05, 0) is 55.2 Å². The Morgan fingerprint density at radius 1 is 1.17 bits per heavy atom.